The van der Waals surface area contributed by atoms with Gasteiger partial charge in [-0.2, -0.15) is 3.69 Å². The Kier molecular flexibility index (Phi) is 4.32. The maximum Gasteiger partial charge on any atom is 0.413 e. The lowest BCUT2D eigenvalue weighted by Gasteiger charge is -1.93. The first-order valence-corrected chi connectivity index (χ1v) is 5.79. The molecule has 0 spiro atoms. The quantitative estimate of drug-likeness (QED) is 0.464. The van der Waals surface area contributed by atoms with Crippen molar-refractivity contribution in [1.82, 2.24) is 0 Å². The molecule has 0 aliphatic heterocycles. The molecule has 0 fully saturated rings. The van der Waals surface area contributed by atoms with Gasteiger partial charge in [-0.3, -0.25) is 0 Å². The third kappa shape index (κ3) is 3.58. The van der Waals surface area contributed by atoms with Gasteiger partial charge >= 0.3 is 20.4 Å². The van der Waals surface area contributed by atoms with Gasteiger partial charge in [0.05, 0.1) is 0 Å². The summed E-state index contributed by atoms with van der Waals surface area (Å²) in [4.78, 5) is 0. The van der Waals surface area contributed by atoms with Gasteiger partial charge in [0.25, 0.3) is 0 Å². The summed E-state index contributed by atoms with van der Waals surface area (Å²) in [5.41, 5.74) is 0. The van der Waals surface area contributed by atoms with Crippen LogP contribution in [-0.2, 0) is 0 Å². The summed E-state index contributed by atoms with van der Waals surface area (Å²) in [6.07, 6.45) is 4.40. The molecule has 54 valence electrons. The minimum absolute atomic E-state index is 0.00921. The second kappa shape index (κ2) is 5.39. The molecule has 0 aromatic heterocycles. The number of rotatable bonds is 3. The maximum absolute atomic E-state index is 2.26. The van der Waals surface area contributed by atoms with Gasteiger partial charge in [0.15, 0.2) is 0 Å². The fourth-order valence-electron chi connectivity index (χ4n) is 1.06. The molecule has 0 bridgehead atoms. The van der Waals surface area contributed by atoms with Crippen LogP contribution in [0.25, 0.3) is 0 Å². The van der Waals surface area contributed by atoms with Crippen molar-refractivity contribution < 1.29 is 0 Å². The van der Waals surface area contributed by atoms with Crippen LogP contribution in [-0.4, -0.2) is 20.4 Å². The van der Waals surface area contributed by atoms with Gasteiger partial charge in [0.1, 0.15) is 0 Å². The van der Waals surface area contributed by atoms with Crippen molar-refractivity contribution >= 4 is 24.1 Å². The molecule has 0 amide bonds. The van der Waals surface area contributed by atoms with Crippen molar-refractivity contribution in [3.63, 3.8) is 0 Å². The summed E-state index contributed by atoms with van der Waals surface area (Å²) in [6.45, 7) is 2.08. The fraction of sp³-hybridized carbons (Fsp3) is 0.200. The first kappa shape index (κ1) is 8.82. The number of hydrogen-bond acceptors (Lipinski definition) is 0. The lowest BCUT2D eigenvalue weighted by molar-refractivity contribution is 1.61. The Labute approximate surface area is 78.0 Å². The summed E-state index contributed by atoms with van der Waals surface area (Å²) in [5, 5.41) is 0. The molecular weight excluding hydrogens is 144 g/mol. The van der Waals surface area contributed by atoms with Crippen LogP contribution in [0, 0.1) is 0 Å². The molecule has 1 aromatic rings. The van der Waals surface area contributed by atoms with E-state index in [1.165, 1.54) is 4.55 Å². The second-order valence-corrected chi connectivity index (χ2v) is 4.49. The number of allylic oxidation sites excluding steroid dienone is 2. The van der Waals surface area contributed by atoms with Gasteiger partial charge in [0.2, 0.25) is 0 Å². The zero-order valence-corrected chi connectivity index (χ0v) is 8.37. The zero-order valence-electron chi connectivity index (χ0n) is 6.96. The third-order valence-corrected chi connectivity index (χ3v) is 3.35. The van der Waals surface area contributed by atoms with Gasteiger partial charge in [-0.1, -0.05) is 36.4 Å². The minimum Gasteiger partial charge on any atom is -0.173 e. The highest BCUT2D eigenvalue weighted by molar-refractivity contribution is 6.53. The molecular formula is C10H12Mg. The summed E-state index contributed by atoms with van der Waals surface area (Å²) >= 11 is -0.00921. The maximum atomic E-state index is 2.26. The highest BCUT2D eigenvalue weighted by atomic mass is 24.5. The predicted molar refractivity (Wildman–Crippen MR) is 51.5 cm³/mol. The SMILES string of the molecule is C/C=C/[CH2][Mg][c]1ccccc1. The first-order chi connectivity index (χ1) is 5.43. The molecule has 1 aromatic carbocycles. The standard InChI is InChI=1S/C6H5.C4H7.Mg/c1-2-4-6-5-3-1;1-3-4-2;/h1-5H;3-4H,1H2,2H3;/b;4-3+;. The van der Waals surface area contributed by atoms with E-state index < -0.39 is 0 Å². The Balaban J connectivity index is 2.39. The highest BCUT2D eigenvalue weighted by Crippen LogP contribution is 1.85. The molecule has 1 rings (SSSR count). The van der Waals surface area contributed by atoms with Crippen LogP contribution in [0.4, 0.5) is 0 Å². The van der Waals surface area contributed by atoms with Crippen molar-refractivity contribution in [2.24, 2.45) is 0 Å². The van der Waals surface area contributed by atoms with Gasteiger partial charge in [0, 0.05) is 0 Å². The third-order valence-electron chi connectivity index (χ3n) is 1.68. The van der Waals surface area contributed by atoms with E-state index in [4.69, 9.17) is 0 Å². The van der Waals surface area contributed by atoms with Crippen LogP contribution >= 0.6 is 0 Å². The van der Waals surface area contributed by atoms with Crippen molar-refractivity contribution in [2.75, 3.05) is 0 Å². The van der Waals surface area contributed by atoms with Crippen molar-refractivity contribution in [3.05, 3.63) is 42.5 Å². The Bertz CT molecular complexity index is 214. The summed E-state index contributed by atoms with van der Waals surface area (Å²) in [6, 6.07) is 10.8. The zero-order chi connectivity index (χ0) is 7.94. The molecule has 0 radical (unpaired) electrons. The molecule has 0 heterocycles. The molecule has 0 aliphatic carbocycles. The summed E-state index contributed by atoms with van der Waals surface area (Å²) in [5.74, 6) is 0. The van der Waals surface area contributed by atoms with Crippen molar-refractivity contribution in [3.8, 4) is 0 Å². The van der Waals surface area contributed by atoms with E-state index in [9.17, 15) is 0 Å². The summed E-state index contributed by atoms with van der Waals surface area (Å²) < 4.78 is 2.85. The second-order valence-electron chi connectivity index (χ2n) is 2.59. The normalized spacial score (nSPS) is 9.91. The molecule has 0 atom stereocenters. The van der Waals surface area contributed by atoms with E-state index in [1.807, 2.05) is 0 Å². The van der Waals surface area contributed by atoms with Gasteiger partial charge < -0.3 is 0 Å². The average molecular weight is 157 g/mol. The Morgan fingerprint density at radius 2 is 2.00 bits per heavy atom. The predicted octanol–water partition coefficient (Wildman–Crippen LogP) is 2.01. The molecule has 0 saturated carbocycles. The van der Waals surface area contributed by atoms with E-state index in [0.717, 1.165) is 0 Å². The Hall–Kier alpha value is -0.274. The fourth-order valence-corrected chi connectivity index (χ4v) is 2.50. The van der Waals surface area contributed by atoms with Crippen LogP contribution in [0.3, 0.4) is 0 Å². The van der Waals surface area contributed by atoms with E-state index in [0.29, 0.717) is 0 Å². The molecule has 0 unspecified atom stereocenters. The van der Waals surface area contributed by atoms with Crippen LogP contribution in [0.1, 0.15) is 6.92 Å². The van der Waals surface area contributed by atoms with Crippen LogP contribution in [0.5, 0.6) is 0 Å². The molecule has 1 heteroatoms. The van der Waals surface area contributed by atoms with Crippen molar-refractivity contribution in [1.29, 1.82) is 0 Å². The Morgan fingerprint density at radius 3 is 2.64 bits per heavy atom. The Morgan fingerprint density at radius 1 is 1.27 bits per heavy atom. The van der Waals surface area contributed by atoms with Gasteiger partial charge in [-0.05, 0) is 6.92 Å². The van der Waals surface area contributed by atoms with Gasteiger partial charge in [-0.15, -0.1) is 10.6 Å². The monoisotopic (exact) mass is 156 g/mol. The van der Waals surface area contributed by atoms with E-state index in [1.54, 1.807) is 3.69 Å². The average Bonchev–Trinajstić information content (AvgIpc) is 2.07. The van der Waals surface area contributed by atoms with Crippen LogP contribution in [0.2, 0.25) is 4.55 Å². The number of hydrogen-bond donors (Lipinski definition) is 0. The molecule has 0 N–H and O–H groups in total. The smallest absolute Gasteiger partial charge is 0.173 e. The molecule has 0 nitrogen and oxygen atoms in total. The lowest BCUT2D eigenvalue weighted by Crippen LogP contribution is -2.11. The van der Waals surface area contributed by atoms with Gasteiger partial charge in [-0.25, -0.2) is 0 Å². The lowest BCUT2D eigenvalue weighted by atomic mass is 10.4. The molecule has 0 aliphatic rings. The first-order valence-electron chi connectivity index (χ1n) is 4.08. The molecule has 11 heavy (non-hydrogen) atoms. The van der Waals surface area contributed by atoms with Crippen molar-refractivity contribution in [2.45, 2.75) is 11.5 Å². The topological polar surface area (TPSA) is 0 Å². The van der Waals surface area contributed by atoms with E-state index >= 15 is 0 Å². The molecule has 0 saturated heterocycles. The largest absolute Gasteiger partial charge is 0.413 e. The number of benzene rings is 1. The summed E-state index contributed by atoms with van der Waals surface area (Å²) in [7, 11) is 0. The van der Waals surface area contributed by atoms with Crippen LogP contribution in [0.15, 0.2) is 42.5 Å². The highest BCUT2D eigenvalue weighted by Gasteiger charge is 1.93. The minimum atomic E-state index is -0.00921. The van der Waals surface area contributed by atoms with E-state index in [-0.39, 0.29) is 20.4 Å². The van der Waals surface area contributed by atoms with Crippen LogP contribution < -0.4 is 3.69 Å². The van der Waals surface area contributed by atoms with E-state index in [2.05, 4.69) is 49.4 Å².